The number of hydrogen-bond acceptors (Lipinski definition) is 4. The van der Waals surface area contributed by atoms with Gasteiger partial charge < -0.3 is 9.47 Å². The van der Waals surface area contributed by atoms with E-state index in [0.717, 1.165) is 22.4 Å². The van der Waals surface area contributed by atoms with Gasteiger partial charge in [0.2, 0.25) is 6.79 Å². The van der Waals surface area contributed by atoms with Gasteiger partial charge in [0.15, 0.2) is 11.5 Å². The van der Waals surface area contributed by atoms with Gasteiger partial charge in [-0.15, -0.1) is 0 Å². The fourth-order valence-corrected chi connectivity index (χ4v) is 2.27. The molecule has 0 bridgehead atoms. The van der Waals surface area contributed by atoms with Gasteiger partial charge in [-0.3, -0.25) is 4.79 Å². The summed E-state index contributed by atoms with van der Waals surface area (Å²) < 4.78 is 10.6. The number of aryl methyl sites for hydroxylation is 2. The van der Waals surface area contributed by atoms with Crippen LogP contribution in [0.1, 0.15) is 34.0 Å². The lowest BCUT2D eigenvalue weighted by atomic mass is 10.1. The topological polar surface area (TPSA) is 59.9 Å². The van der Waals surface area contributed by atoms with Gasteiger partial charge in [0.05, 0.1) is 5.71 Å². The van der Waals surface area contributed by atoms with Crippen LogP contribution in [0.2, 0.25) is 0 Å². The number of hydrazone groups is 1. The number of benzene rings is 2. The zero-order valence-electron chi connectivity index (χ0n) is 13.3. The van der Waals surface area contributed by atoms with Gasteiger partial charge in [0.1, 0.15) is 0 Å². The normalized spacial score (nSPS) is 13.1. The zero-order valence-corrected chi connectivity index (χ0v) is 13.3. The van der Waals surface area contributed by atoms with Gasteiger partial charge in [-0.25, -0.2) is 5.43 Å². The highest BCUT2D eigenvalue weighted by Gasteiger charge is 2.14. The summed E-state index contributed by atoms with van der Waals surface area (Å²) in [5.41, 5.74) is 6.98. The summed E-state index contributed by atoms with van der Waals surface area (Å²) in [6.45, 7) is 6.06. The minimum Gasteiger partial charge on any atom is -0.454 e. The molecule has 1 aliphatic heterocycles. The summed E-state index contributed by atoms with van der Waals surface area (Å²) in [4.78, 5) is 12.2. The van der Waals surface area contributed by atoms with E-state index >= 15 is 0 Å². The van der Waals surface area contributed by atoms with Crippen LogP contribution in [0.15, 0.2) is 41.5 Å². The van der Waals surface area contributed by atoms with Gasteiger partial charge in [-0.2, -0.15) is 5.10 Å². The smallest absolute Gasteiger partial charge is 0.271 e. The number of fused-ring (bicyclic) bond motifs is 1. The van der Waals surface area contributed by atoms with E-state index in [1.54, 1.807) is 6.07 Å². The molecule has 0 saturated heterocycles. The summed E-state index contributed by atoms with van der Waals surface area (Å²) in [5, 5.41) is 4.17. The van der Waals surface area contributed by atoms with Crippen molar-refractivity contribution in [2.75, 3.05) is 6.79 Å². The van der Waals surface area contributed by atoms with Gasteiger partial charge in [-0.05, 0) is 62.2 Å². The van der Waals surface area contributed by atoms with E-state index in [1.807, 2.05) is 51.1 Å². The zero-order chi connectivity index (χ0) is 16.4. The minimum atomic E-state index is -0.229. The van der Waals surface area contributed by atoms with Crippen molar-refractivity contribution in [3.05, 3.63) is 58.7 Å². The molecule has 3 rings (SSSR count). The van der Waals surface area contributed by atoms with Crippen LogP contribution in [-0.4, -0.2) is 18.4 Å². The molecule has 1 amide bonds. The standard InChI is InChI=1S/C18H18N2O3/c1-11-4-5-15(8-12(11)2)18(21)20-19-13(3)14-6-7-16-17(9-14)23-10-22-16/h4-9H,10H2,1-3H3,(H,20,21)/b19-13+. The minimum absolute atomic E-state index is 0.229. The largest absolute Gasteiger partial charge is 0.454 e. The molecule has 1 aliphatic rings. The maximum atomic E-state index is 12.2. The molecule has 23 heavy (non-hydrogen) atoms. The summed E-state index contributed by atoms with van der Waals surface area (Å²) in [6.07, 6.45) is 0. The van der Waals surface area contributed by atoms with E-state index in [4.69, 9.17) is 9.47 Å². The van der Waals surface area contributed by atoms with E-state index in [9.17, 15) is 4.79 Å². The molecule has 0 unspecified atom stereocenters. The van der Waals surface area contributed by atoms with Gasteiger partial charge in [0, 0.05) is 11.1 Å². The SMILES string of the molecule is C/C(=N\NC(=O)c1ccc(C)c(C)c1)c1ccc2c(c1)OCO2. The van der Waals surface area contributed by atoms with Gasteiger partial charge in [0.25, 0.3) is 5.91 Å². The van der Waals surface area contributed by atoms with E-state index < -0.39 is 0 Å². The number of carbonyl (C=O) groups excluding carboxylic acids is 1. The fraction of sp³-hybridized carbons (Fsp3) is 0.222. The van der Waals surface area contributed by atoms with Crippen molar-refractivity contribution in [3.8, 4) is 11.5 Å². The van der Waals surface area contributed by atoms with Crippen LogP contribution in [0.4, 0.5) is 0 Å². The van der Waals surface area contributed by atoms with E-state index in [1.165, 1.54) is 0 Å². The highest BCUT2D eigenvalue weighted by molar-refractivity contribution is 6.01. The highest BCUT2D eigenvalue weighted by Crippen LogP contribution is 2.32. The van der Waals surface area contributed by atoms with Crippen LogP contribution in [0.3, 0.4) is 0 Å². The Balaban J connectivity index is 1.73. The number of nitrogens with zero attached hydrogens (tertiary/aromatic N) is 1. The molecule has 1 N–H and O–H groups in total. The third-order valence-electron chi connectivity index (χ3n) is 3.88. The Morgan fingerprint density at radius 1 is 1.00 bits per heavy atom. The van der Waals surface area contributed by atoms with Crippen LogP contribution >= 0.6 is 0 Å². The van der Waals surface area contributed by atoms with Crippen LogP contribution in [0.5, 0.6) is 11.5 Å². The van der Waals surface area contributed by atoms with Crippen molar-refractivity contribution in [2.45, 2.75) is 20.8 Å². The maximum Gasteiger partial charge on any atom is 0.271 e. The number of hydrogen-bond donors (Lipinski definition) is 1. The van der Waals surface area contributed by atoms with Crippen LogP contribution in [0.25, 0.3) is 0 Å². The lowest BCUT2D eigenvalue weighted by molar-refractivity contribution is 0.0954. The van der Waals surface area contributed by atoms with Crippen LogP contribution < -0.4 is 14.9 Å². The highest BCUT2D eigenvalue weighted by atomic mass is 16.7. The Morgan fingerprint density at radius 3 is 2.52 bits per heavy atom. The first kappa shape index (κ1) is 15.1. The van der Waals surface area contributed by atoms with Crippen molar-refractivity contribution in [3.63, 3.8) is 0 Å². The van der Waals surface area contributed by atoms with Crippen molar-refractivity contribution in [1.82, 2.24) is 5.43 Å². The second-order valence-corrected chi connectivity index (χ2v) is 5.51. The summed E-state index contributed by atoms with van der Waals surface area (Å²) >= 11 is 0. The van der Waals surface area contributed by atoms with Gasteiger partial charge in [-0.1, -0.05) is 6.07 Å². The molecule has 118 valence electrons. The quantitative estimate of drug-likeness (QED) is 0.699. The first-order valence-corrected chi connectivity index (χ1v) is 7.36. The predicted octanol–water partition coefficient (Wildman–Crippen LogP) is 3.19. The van der Waals surface area contributed by atoms with Crippen molar-refractivity contribution in [2.24, 2.45) is 5.10 Å². The van der Waals surface area contributed by atoms with Crippen LogP contribution in [0, 0.1) is 13.8 Å². The Kier molecular flexibility index (Phi) is 4.02. The monoisotopic (exact) mass is 310 g/mol. The first-order valence-electron chi connectivity index (χ1n) is 7.36. The molecular formula is C18H18N2O3. The third kappa shape index (κ3) is 3.18. The van der Waals surface area contributed by atoms with E-state index in [0.29, 0.717) is 17.0 Å². The number of ether oxygens (including phenoxy) is 2. The molecule has 0 saturated carbocycles. The third-order valence-corrected chi connectivity index (χ3v) is 3.88. The summed E-state index contributed by atoms with van der Waals surface area (Å²) in [6, 6.07) is 11.2. The predicted molar refractivity (Wildman–Crippen MR) is 88.2 cm³/mol. The summed E-state index contributed by atoms with van der Waals surface area (Å²) in [7, 11) is 0. The Bertz CT molecular complexity index is 797. The van der Waals surface area contributed by atoms with Crippen molar-refractivity contribution in [1.29, 1.82) is 0 Å². The number of nitrogens with one attached hydrogen (secondary N) is 1. The molecule has 2 aromatic carbocycles. The van der Waals surface area contributed by atoms with E-state index in [-0.39, 0.29) is 12.7 Å². The van der Waals surface area contributed by atoms with Crippen LogP contribution in [-0.2, 0) is 0 Å². The molecule has 0 spiro atoms. The second kappa shape index (κ2) is 6.12. The van der Waals surface area contributed by atoms with Gasteiger partial charge >= 0.3 is 0 Å². The lowest BCUT2D eigenvalue weighted by Crippen LogP contribution is -2.19. The number of carbonyl (C=O) groups is 1. The fourth-order valence-electron chi connectivity index (χ4n) is 2.27. The maximum absolute atomic E-state index is 12.2. The Morgan fingerprint density at radius 2 is 1.74 bits per heavy atom. The molecule has 0 fully saturated rings. The number of rotatable bonds is 3. The molecule has 0 atom stereocenters. The molecule has 2 aromatic rings. The first-order chi connectivity index (χ1) is 11.0. The second-order valence-electron chi connectivity index (χ2n) is 5.51. The number of amides is 1. The van der Waals surface area contributed by atoms with Crippen molar-refractivity contribution >= 4 is 11.6 Å². The average Bonchev–Trinajstić information content (AvgIpc) is 3.02. The Hall–Kier alpha value is -2.82. The molecule has 5 nitrogen and oxygen atoms in total. The molecule has 5 heteroatoms. The lowest BCUT2D eigenvalue weighted by Gasteiger charge is -2.06. The molecule has 1 heterocycles. The Labute approximate surface area is 134 Å². The molecule has 0 radical (unpaired) electrons. The molecular weight excluding hydrogens is 292 g/mol. The summed E-state index contributed by atoms with van der Waals surface area (Å²) in [5.74, 6) is 1.19. The van der Waals surface area contributed by atoms with E-state index in [2.05, 4.69) is 10.5 Å². The molecule has 0 aliphatic carbocycles. The molecule has 0 aromatic heterocycles. The van der Waals surface area contributed by atoms with Crippen molar-refractivity contribution < 1.29 is 14.3 Å². The average molecular weight is 310 g/mol.